The van der Waals surface area contributed by atoms with Gasteiger partial charge in [0.25, 0.3) is 6.17 Å². The highest BCUT2D eigenvalue weighted by Crippen LogP contribution is 2.38. The van der Waals surface area contributed by atoms with E-state index in [4.69, 9.17) is 11.6 Å². The molecule has 0 fully saturated rings. The molecule has 3 rings (SSSR count). The van der Waals surface area contributed by atoms with E-state index in [1.165, 1.54) is 0 Å². The summed E-state index contributed by atoms with van der Waals surface area (Å²) in [7, 11) is 0. The number of hydrogen-bond acceptors (Lipinski definition) is 4. The van der Waals surface area contributed by atoms with Crippen molar-refractivity contribution < 1.29 is 39.9 Å². The van der Waals surface area contributed by atoms with E-state index >= 15 is 0 Å². The summed E-state index contributed by atoms with van der Waals surface area (Å²) in [5, 5.41) is -0.696. The summed E-state index contributed by atoms with van der Waals surface area (Å²) in [5.41, 5.74) is -0.455. The molecule has 1 atom stereocenters. The zero-order chi connectivity index (χ0) is 22.3. The van der Waals surface area contributed by atoms with Gasteiger partial charge in [-0.3, -0.25) is 0 Å². The van der Waals surface area contributed by atoms with Gasteiger partial charge in [-0.25, -0.2) is 23.1 Å². The molecule has 1 heterocycles. The zero-order valence-corrected chi connectivity index (χ0v) is 15.7. The van der Waals surface area contributed by atoms with E-state index in [0.29, 0.717) is 0 Å². The number of ether oxygens (including phenoxy) is 1. The third-order valence-corrected chi connectivity index (χ3v) is 4.73. The van der Waals surface area contributed by atoms with Crippen molar-refractivity contribution in [3.63, 3.8) is 0 Å². The van der Waals surface area contributed by atoms with Crippen LogP contribution in [0.2, 0.25) is 0 Å². The van der Waals surface area contributed by atoms with Crippen LogP contribution in [0.5, 0.6) is 5.75 Å². The van der Waals surface area contributed by atoms with Crippen LogP contribution in [0.3, 0.4) is 0 Å². The Balaban J connectivity index is 1.90. The van der Waals surface area contributed by atoms with E-state index in [-0.39, 0.29) is 15.3 Å². The van der Waals surface area contributed by atoms with Crippen LogP contribution in [0, 0.1) is 11.6 Å². The predicted octanol–water partition coefficient (Wildman–Crippen LogP) is 6.76. The van der Waals surface area contributed by atoms with Crippen LogP contribution in [0.25, 0.3) is 10.2 Å². The van der Waals surface area contributed by atoms with E-state index in [0.717, 1.165) is 47.7 Å². The lowest BCUT2D eigenvalue weighted by Crippen LogP contribution is -2.45. The number of alkyl halides is 6. The van der Waals surface area contributed by atoms with Crippen LogP contribution in [-0.4, -0.2) is 28.6 Å². The molecule has 0 radical (unpaired) electrons. The minimum Gasteiger partial charge on any atom is -0.430 e. The maximum atomic E-state index is 13.7. The molecule has 2 aromatic carbocycles. The summed E-state index contributed by atoms with van der Waals surface area (Å²) in [6.07, 6.45) is -15.5. The van der Waals surface area contributed by atoms with E-state index in [9.17, 15) is 35.1 Å². The number of aliphatic imine (C=N–C) groups is 1. The van der Waals surface area contributed by atoms with Crippen molar-refractivity contribution in [2.45, 2.75) is 18.5 Å². The summed E-state index contributed by atoms with van der Waals surface area (Å²) in [5.74, 6) is -2.72. The molecule has 0 saturated heterocycles. The Bertz CT molecular complexity index is 1090. The quantitative estimate of drug-likeness (QED) is 0.302. The summed E-state index contributed by atoms with van der Waals surface area (Å²) >= 11 is 6.56. The van der Waals surface area contributed by atoms with E-state index in [1.807, 2.05) is 0 Å². The van der Waals surface area contributed by atoms with Gasteiger partial charge in [0.15, 0.2) is 0 Å². The number of halogens is 9. The molecule has 3 aromatic rings. The van der Waals surface area contributed by atoms with Gasteiger partial charge in [-0.15, -0.1) is 0 Å². The molecule has 3 nitrogen and oxygen atoms in total. The van der Waals surface area contributed by atoms with Crippen molar-refractivity contribution in [1.29, 1.82) is 0 Å². The SMILES string of the molecule is Fc1cccc(F)c1C(Cl)=Nc1nc2ccc(OC(F)(F)C(F)C(F)(F)F)cc2s1. The average molecular weight is 475 g/mol. The van der Waals surface area contributed by atoms with Gasteiger partial charge in [0.2, 0.25) is 5.13 Å². The monoisotopic (exact) mass is 474 g/mol. The highest BCUT2D eigenvalue weighted by Gasteiger charge is 2.59. The first-order valence-corrected chi connectivity index (χ1v) is 8.94. The number of rotatable bonds is 5. The van der Waals surface area contributed by atoms with Crippen LogP contribution in [0.1, 0.15) is 5.56 Å². The fourth-order valence-corrected chi connectivity index (χ4v) is 3.42. The second kappa shape index (κ2) is 7.99. The number of fused-ring (bicyclic) bond motifs is 1. The number of benzene rings is 2. The second-order valence-electron chi connectivity index (χ2n) is 5.69. The molecule has 0 spiro atoms. The fraction of sp³-hybridized carbons (Fsp3) is 0.176. The largest absolute Gasteiger partial charge is 0.439 e. The molecule has 1 unspecified atom stereocenters. The molecular formula is C17H7ClF8N2OS. The lowest BCUT2D eigenvalue weighted by molar-refractivity contribution is -0.304. The number of nitrogens with zero attached hydrogens (tertiary/aromatic N) is 2. The molecule has 0 aliphatic heterocycles. The maximum absolute atomic E-state index is 13.7. The van der Waals surface area contributed by atoms with Gasteiger partial charge in [0.1, 0.15) is 22.6 Å². The maximum Gasteiger partial charge on any atom is 0.439 e. The number of aromatic nitrogens is 1. The van der Waals surface area contributed by atoms with Crippen LogP contribution in [0.4, 0.5) is 40.3 Å². The van der Waals surface area contributed by atoms with Crippen molar-refractivity contribution in [2.24, 2.45) is 4.99 Å². The molecule has 0 N–H and O–H groups in total. The molecule has 160 valence electrons. The Kier molecular flexibility index (Phi) is 5.92. The summed E-state index contributed by atoms with van der Waals surface area (Å²) < 4.78 is 108. The Morgan fingerprint density at radius 2 is 1.70 bits per heavy atom. The molecule has 0 amide bonds. The summed E-state index contributed by atoms with van der Waals surface area (Å²) in [4.78, 5) is 7.72. The van der Waals surface area contributed by atoms with E-state index < -0.39 is 46.6 Å². The van der Waals surface area contributed by atoms with Crippen molar-refractivity contribution in [3.8, 4) is 5.75 Å². The first-order valence-electron chi connectivity index (χ1n) is 7.75. The highest BCUT2D eigenvalue weighted by atomic mass is 35.5. The molecule has 0 bridgehead atoms. The first kappa shape index (κ1) is 22.2. The van der Waals surface area contributed by atoms with Gasteiger partial charge in [0.05, 0.1) is 15.8 Å². The average Bonchev–Trinajstić information content (AvgIpc) is 3.01. The molecule has 30 heavy (non-hydrogen) atoms. The molecule has 0 aliphatic rings. The standard InChI is InChI=1S/C17H7ClF8N2OS/c18-13(12-8(19)2-1-3-9(12)20)28-15-27-10-5-4-7(6-11(10)30-15)29-17(25,26)14(21)16(22,23)24/h1-6,14H. The summed E-state index contributed by atoms with van der Waals surface area (Å²) in [6, 6.07) is 5.88. The molecule has 0 saturated carbocycles. The Morgan fingerprint density at radius 1 is 1.07 bits per heavy atom. The van der Waals surface area contributed by atoms with Gasteiger partial charge < -0.3 is 4.74 Å². The van der Waals surface area contributed by atoms with Crippen LogP contribution >= 0.6 is 22.9 Å². The fourth-order valence-electron chi connectivity index (χ4n) is 2.24. The molecule has 1 aromatic heterocycles. The molecular weight excluding hydrogens is 468 g/mol. The third-order valence-electron chi connectivity index (χ3n) is 3.55. The van der Waals surface area contributed by atoms with Gasteiger partial charge in [-0.05, 0) is 30.3 Å². The van der Waals surface area contributed by atoms with Crippen LogP contribution in [0.15, 0.2) is 41.4 Å². The van der Waals surface area contributed by atoms with Crippen molar-refractivity contribution >= 4 is 43.5 Å². The topological polar surface area (TPSA) is 34.5 Å². The van der Waals surface area contributed by atoms with Crippen molar-refractivity contribution in [2.75, 3.05) is 0 Å². The van der Waals surface area contributed by atoms with Crippen molar-refractivity contribution in [1.82, 2.24) is 4.98 Å². The molecule has 13 heteroatoms. The zero-order valence-electron chi connectivity index (χ0n) is 14.2. The minimum atomic E-state index is -5.82. The summed E-state index contributed by atoms with van der Waals surface area (Å²) in [6.45, 7) is 0. The lowest BCUT2D eigenvalue weighted by Gasteiger charge is -2.22. The van der Waals surface area contributed by atoms with Gasteiger partial charge in [-0.1, -0.05) is 29.0 Å². The first-order chi connectivity index (χ1) is 13.9. The number of thiazole rings is 1. The van der Waals surface area contributed by atoms with Gasteiger partial charge >= 0.3 is 12.3 Å². The van der Waals surface area contributed by atoms with Gasteiger partial charge in [0, 0.05) is 0 Å². The minimum absolute atomic E-state index is 0.114. The highest BCUT2D eigenvalue weighted by molar-refractivity contribution is 7.22. The van der Waals surface area contributed by atoms with Crippen LogP contribution in [-0.2, 0) is 0 Å². The van der Waals surface area contributed by atoms with Crippen molar-refractivity contribution in [3.05, 3.63) is 53.6 Å². The lowest BCUT2D eigenvalue weighted by atomic mass is 10.2. The smallest absolute Gasteiger partial charge is 0.430 e. The Hall–Kier alpha value is -2.47. The second-order valence-corrected chi connectivity index (χ2v) is 7.06. The number of hydrogen-bond donors (Lipinski definition) is 0. The van der Waals surface area contributed by atoms with Gasteiger partial charge in [-0.2, -0.15) is 22.0 Å². The van der Waals surface area contributed by atoms with Crippen LogP contribution < -0.4 is 4.74 Å². The Labute approximate surface area is 171 Å². The normalized spacial score (nSPS) is 14.2. The molecule has 0 aliphatic carbocycles. The van der Waals surface area contributed by atoms with E-state index in [2.05, 4.69) is 14.7 Å². The Morgan fingerprint density at radius 3 is 2.30 bits per heavy atom. The van der Waals surface area contributed by atoms with E-state index in [1.54, 1.807) is 0 Å². The predicted molar refractivity (Wildman–Crippen MR) is 94.6 cm³/mol. The third kappa shape index (κ3) is 4.64.